The molecule has 1 fully saturated rings. The van der Waals surface area contributed by atoms with E-state index in [1.54, 1.807) is 23.2 Å². The number of aromatic nitrogens is 1. The molecule has 1 heterocycles. The van der Waals surface area contributed by atoms with Crippen molar-refractivity contribution in [2.75, 3.05) is 19.0 Å². The smallest absolute Gasteiger partial charge is 0.329 e. The number of rotatable bonds is 4. The molecule has 1 aliphatic rings. The van der Waals surface area contributed by atoms with Gasteiger partial charge >= 0.3 is 5.97 Å². The van der Waals surface area contributed by atoms with Crippen LogP contribution in [0.4, 0.5) is 5.82 Å². The molecule has 0 saturated heterocycles. The summed E-state index contributed by atoms with van der Waals surface area (Å²) in [7, 11) is 3.67. The van der Waals surface area contributed by atoms with E-state index in [-0.39, 0.29) is 5.91 Å². The Bertz CT molecular complexity index is 522. The fraction of sp³-hybridized carbons (Fsp3) is 0.500. The predicted octanol–water partition coefficient (Wildman–Crippen LogP) is 1.27. The first-order valence-electron chi connectivity index (χ1n) is 6.64. The minimum absolute atomic E-state index is 0.361. The Kier molecular flexibility index (Phi) is 3.92. The molecule has 1 amide bonds. The van der Waals surface area contributed by atoms with Gasteiger partial charge in [0, 0.05) is 25.9 Å². The maximum absolute atomic E-state index is 12.3. The zero-order valence-corrected chi connectivity index (χ0v) is 11.7. The molecular formula is C14H19N3O3. The average molecular weight is 277 g/mol. The average Bonchev–Trinajstić information content (AvgIpc) is 2.88. The van der Waals surface area contributed by atoms with Crippen molar-refractivity contribution in [3.8, 4) is 0 Å². The molecule has 0 atom stereocenters. The number of hydrogen-bond donors (Lipinski definition) is 2. The number of carbonyl (C=O) groups is 2. The molecule has 0 radical (unpaired) electrons. The van der Waals surface area contributed by atoms with Crippen LogP contribution < -0.4 is 10.2 Å². The quantitative estimate of drug-likeness (QED) is 0.866. The summed E-state index contributed by atoms with van der Waals surface area (Å²) in [6.45, 7) is 0. The first-order valence-corrected chi connectivity index (χ1v) is 6.64. The van der Waals surface area contributed by atoms with Crippen LogP contribution in [0.3, 0.4) is 0 Å². The number of carboxylic acids is 1. The number of carbonyl (C=O) groups excluding carboxylic acids is 1. The van der Waals surface area contributed by atoms with E-state index in [0.29, 0.717) is 24.2 Å². The summed E-state index contributed by atoms with van der Waals surface area (Å²) in [5.74, 6) is -0.654. The van der Waals surface area contributed by atoms with Crippen LogP contribution in [0.25, 0.3) is 0 Å². The summed E-state index contributed by atoms with van der Waals surface area (Å²) < 4.78 is 0. The lowest BCUT2D eigenvalue weighted by Crippen LogP contribution is -2.52. The van der Waals surface area contributed by atoms with Gasteiger partial charge in [0.25, 0.3) is 5.91 Å². The van der Waals surface area contributed by atoms with E-state index < -0.39 is 11.5 Å². The molecule has 2 rings (SSSR count). The molecule has 0 bridgehead atoms. The van der Waals surface area contributed by atoms with E-state index in [4.69, 9.17) is 0 Å². The molecule has 6 nitrogen and oxygen atoms in total. The molecule has 0 unspecified atom stereocenters. The standard InChI is InChI=1S/C14H19N3O3/c1-17(2)11-9-10(5-8-15-11)12(18)16-14(13(19)20)6-3-4-7-14/h5,8-9H,3-4,6-7H2,1-2H3,(H,16,18)(H,19,20). The van der Waals surface area contributed by atoms with Crippen molar-refractivity contribution in [3.63, 3.8) is 0 Å². The van der Waals surface area contributed by atoms with Gasteiger partial charge in [-0.25, -0.2) is 9.78 Å². The number of aliphatic carboxylic acids is 1. The normalized spacial score (nSPS) is 16.7. The van der Waals surface area contributed by atoms with Gasteiger partial charge in [-0.1, -0.05) is 12.8 Å². The Morgan fingerprint density at radius 2 is 2.00 bits per heavy atom. The van der Waals surface area contributed by atoms with E-state index >= 15 is 0 Å². The molecule has 1 aromatic rings. The molecule has 1 aromatic heterocycles. The van der Waals surface area contributed by atoms with Crippen molar-refractivity contribution in [3.05, 3.63) is 23.9 Å². The van der Waals surface area contributed by atoms with Crippen molar-refractivity contribution >= 4 is 17.7 Å². The van der Waals surface area contributed by atoms with Crippen LogP contribution >= 0.6 is 0 Å². The highest BCUT2D eigenvalue weighted by Gasteiger charge is 2.42. The van der Waals surface area contributed by atoms with E-state index in [9.17, 15) is 14.7 Å². The largest absolute Gasteiger partial charge is 0.480 e. The SMILES string of the molecule is CN(C)c1cc(C(=O)NC2(C(=O)O)CCCC2)ccn1. The van der Waals surface area contributed by atoms with E-state index in [2.05, 4.69) is 10.3 Å². The third-order valence-corrected chi connectivity index (χ3v) is 3.69. The highest BCUT2D eigenvalue weighted by atomic mass is 16.4. The number of amides is 1. The zero-order chi connectivity index (χ0) is 14.8. The lowest BCUT2D eigenvalue weighted by atomic mass is 9.97. The maximum atomic E-state index is 12.3. The first kappa shape index (κ1) is 14.3. The van der Waals surface area contributed by atoms with Crippen LogP contribution in [0.2, 0.25) is 0 Å². The van der Waals surface area contributed by atoms with Crippen molar-refractivity contribution in [1.29, 1.82) is 0 Å². The van der Waals surface area contributed by atoms with E-state index in [1.165, 1.54) is 0 Å². The molecule has 0 aliphatic heterocycles. The number of pyridine rings is 1. The zero-order valence-electron chi connectivity index (χ0n) is 11.7. The monoisotopic (exact) mass is 277 g/mol. The second kappa shape index (κ2) is 5.48. The lowest BCUT2D eigenvalue weighted by molar-refractivity contribution is -0.144. The molecule has 2 N–H and O–H groups in total. The second-order valence-corrected chi connectivity index (χ2v) is 5.35. The Morgan fingerprint density at radius 3 is 2.55 bits per heavy atom. The Labute approximate surface area is 117 Å². The van der Waals surface area contributed by atoms with Gasteiger partial charge in [0.1, 0.15) is 11.4 Å². The van der Waals surface area contributed by atoms with Crippen LogP contribution in [0.5, 0.6) is 0 Å². The third kappa shape index (κ3) is 2.74. The summed E-state index contributed by atoms with van der Waals surface area (Å²) in [6, 6.07) is 3.24. The van der Waals surface area contributed by atoms with E-state index in [0.717, 1.165) is 12.8 Å². The summed E-state index contributed by atoms with van der Waals surface area (Å²) in [5.41, 5.74) is -0.685. The third-order valence-electron chi connectivity index (χ3n) is 3.69. The van der Waals surface area contributed by atoms with Gasteiger partial charge in [0.2, 0.25) is 0 Å². The van der Waals surface area contributed by atoms with Crippen LogP contribution in [-0.2, 0) is 4.79 Å². The van der Waals surface area contributed by atoms with Gasteiger partial charge < -0.3 is 15.3 Å². The van der Waals surface area contributed by atoms with Gasteiger partial charge in [-0.15, -0.1) is 0 Å². The molecular weight excluding hydrogens is 258 g/mol. The number of hydrogen-bond acceptors (Lipinski definition) is 4. The molecule has 6 heteroatoms. The molecule has 0 spiro atoms. The minimum atomic E-state index is -1.11. The molecule has 0 aromatic carbocycles. The molecule has 1 saturated carbocycles. The summed E-state index contributed by atoms with van der Waals surface area (Å²) in [5, 5.41) is 12.1. The Balaban J connectivity index is 2.19. The number of carboxylic acid groups (broad SMARTS) is 1. The fourth-order valence-corrected chi connectivity index (χ4v) is 2.46. The van der Waals surface area contributed by atoms with Crippen molar-refractivity contribution < 1.29 is 14.7 Å². The Hall–Kier alpha value is -2.11. The summed E-state index contributed by atoms with van der Waals surface area (Å²) in [4.78, 5) is 29.6. The lowest BCUT2D eigenvalue weighted by Gasteiger charge is -2.25. The first-order chi connectivity index (χ1) is 9.44. The molecule has 108 valence electrons. The van der Waals surface area contributed by atoms with Crippen molar-refractivity contribution in [1.82, 2.24) is 10.3 Å². The molecule has 1 aliphatic carbocycles. The van der Waals surface area contributed by atoms with Gasteiger partial charge in [0.15, 0.2) is 0 Å². The minimum Gasteiger partial charge on any atom is -0.480 e. The van der Waals surface area contributed by atoms with Gasteiger partial charge in [-0.05, 0) is 25.0 Å². The van der Waals surface area contributed by atoms with Crippen molar-refractivity contribution in [2.45, 2.75) is 31.2 Å². The summed E-state index contributed by atoms with van der Waals surface area (Å²) >= 11 is 0. The predicted molar refractivity (Wildman–Crippen MR) is 74.9 cm³/mol. The topological polar surface area (TPSA) is 82.5 Å². The number of anilines is 1. The van der Waals surface area contributed by atoms with Crippen LogP contribution in [0.1, 0.15) is 36.0 Å². The second-order valence-electron chi connectivity index (χ2n) is 5.35. The van der Waals surface area contributed by atoms with Crippen LogP contribution in [0.15, 0.2) is 18.3 Å². The number of nitrogens with zero attached hydrogens (tertiary/aromatic N) is 2. The van der Waals surface area contributed by atoms with Crippen LogP contribution in [0, 0.1) is 0 Å². The molecule has 20 heavy (non-hydrogen) atoms. The fourth-order valence-electron chi connectivity index (χ4n) is 2.46. The van der Waals surface area contributed by atoms with E-state index in [1.807, 2.05) is 14.1 Å². The van der Waals surface area contributed by atoms with Gasteiger partial charge in [-0.3, -0.25) is 4.79 Å². The highest BCUT2D eigenvalue weighted by Crippen LogP contribution is 2.30. The highest BCUT2D eigenvalue weighted by molar-refractivity contribution is 5.98. The van der Waals surface area contributed by atoms with Crippen LogP contribution in [-0.4, -0.2) is 41.6 Å². The van der Waals surface area contributed by atoms with Crippen molar-refractivity contribution in [2.24, 2.45) is 0 Å². The summed E-state index contributed by atoms with van der Waals surface area (Å²) in [6.07, 6.45) is 4.17. The Morgan fingerprint density at radius 1 is 1.35 bits per heavy atom. The number of nitrogens with one attached hydrogen (secondary N) is 1. The van der Waals surface area contributed by atoms with Gasteiger partial charge in [-0.2, -0.15) is 0 Å². The van der Waals surface area contributed by atoms with Gasteiger partial charge in [0.05, 0.1) is 0 Å². The maximum Gasteiger partial charge on any atom is 0.329 e.